The van der Waals surface area contributed by atoms with Crippen LogP contribution in [0.2, 0.25) is 0 Å². The number of amides is 1. The molecule has 0 radical (unpaired) electrons. The minimum Gasteiger partial charge on any atom is -0.406 e. The van der Waals surface area contributed by atoms with Crippen LogP contribution in [0.4, 0.5) is 13.2 Å². The number of fused-ring (bicyclic) bond motifs is 1. The van der Waals surface area contributed by atoms with E-state index in [0.29, 0.717) is 6.42 Å². The van der Waals surface area contributed by atoms with E-state index in [-0.39, 0.29) is 11.7 Å². The molecule has 0 N–H and O–H groups in total. The predicted octanol–water partition coefficient (Wildman–Crippen LogP) is 3.32. The molecule has 0 spiro atoms. The summed E-state index contributed by atoms with van der Waals surface area (Å²) in [6.07, 6.45) is -4.27. The first-order valence-corrected chi connectivity index (χ1v) is 9.35. The third-order valence-electron chi connectivity index (χ3n) is 3.75. The summed E-state index contributed by atoms with van der Waals surface area (Å²) in [7, 11) is -1.05. The van der Waals surface area contributed by atoms with Gasteiger partial charge in [0.1, 0.15) is 5.75 Å². The van der Waals surface area contributed by atoms with Gasteiger partial charge >= 0.3 is 6.36 Å². The van der Waals surface area contributed by atoms with E-state index in [1.807, 2.05) is 24.3 Å². The fourth-order valence-corrected chi connectivity index (χ4v) is 5.41. The standard InChI is InChI=1S/C17H16F3NO2S/c18-17(19,20)23-13-7-5-12(6-8-13)11-24-10-9-16(22)21-14-3-1-2-4-15(14)24/h1-8H,9-11,24H2. The number of rotatable bonds is 3. The highest BCUT2D eigenvalue weighted by atomic mass is 32.2. The Morgan fingerprint density at radius 3 is 2.50 bits per heavy atom. The third kappa shape index (κ3) is 4.23. The van der Waals surface area contributed by atoms with Gasteiger partial charge in [-0.25, -0.2) is 4.99 Å². The van der Waals surface area contributed by atoms with E-state index in [0.717, 1.165) is 26.9 Å². The molecule has 24 heavy (non-hydrogen) atoms. The molecule has 0 bridgehead atoms. The van der Waals surface area contributed by atoms with E-state index in [1.54, 1.807) is 12.1 Å². The van der Waals surface area contributed by atoms with Crippen LogP contribution in [-0.2, 0) is 10.5 Å². The van der Waals surface area contributed by atoms with Crippen molar-refractivity contribution < 1.29 is 22.7 Å². The molecule has 2 aromatic rings. The zero-order valence-corrected chi connectivity index (χ0v) is 13.6. The second kappa shape index (κ2) is 6.76. The van der Waals surface area contributed by atoms with Crippen molar-refractivity contribution in [2.75, 3.05) is 5.75 Å². The Morgan fingerprint density at radius 2 is 1.79 bits per heavy atom. The summed E-state index contributed by atoms with van der Waals surface area (Å²) in [5.41, 5.74) is 0.933. The zero-order chi connectivity index (χ0) is 17.2. The van der Waals surface area contributed by atoms with E-state index >= 15 is 0 Å². The number of carbonyl (C=O) groups excluding carboxylic acids is 1. The topological polar surface area (TPSA) is 38.7 Å². The van der Waals surface area contributed by atoms with Gasteiger partial charge in [0.15, 0.2) is 0 Å². The second-order valence-corrected chi connectivity index (χ2v) is 8.09. The lowest BCUT2D eigenvalue weighted by Crippen LogP contribution is -2.17. The number of hydrogen-bond acceptors (Lipinski definition) is 2. The summed E-state index contributed by atoms with van der Waals surface area (Å²) in [4.78, 5) is 15.9. The van der Waals surface area contributed by atoms with Gasteiger partial charge in [-0.3, -0.25) is 15.3 Å². The summed E-state index contributed by atoms with van der Waals surface area (Å²) >= 11 is 0. The molecule has 7 heteroatoms. The minimum atomic E-state index is -4.68. The molecule has 0 fully saturated rings. The first-order chi connectivity index (χ1) is 11.4. The van der Waals surface area contributed by atoms with Crippen LogP contribution in [0.15, 0.2) is 53.5 Å². The van der Waals surface area contributed by atoms with Gasteiger partial charge in [-0.15, -0.1) is 13.2 Å². The molecule has 3 rings (SSSR count). The number of nitrogens with zero attached hydrogens (tertiary/aromatic N) is 1. The van der Waals surface area contributed by atoms with E-state index in [9.17, 15) is 18.0 Å². The lowest BCUT2D eigenvalue weighted by Gasteiger charge is -2.12. The van der Waals surface area contributed by atoms with E-state index in [1.165, 1.54) is 12.1 Å². The van der Waals surface area contributed by atoms with Crippen LogP contribution in [-0.4, -0.2) is 18.0 Å². The molecular weight excluding hydrogens is 339 g/mol. The van der Waals surface area contributed by atoms with Crippen LogP contribution in [0, 0.1) is 4.51 Å². The van der Waals surface area contributed by atoms with Gasteiger partial charge in [0.05, 0.1) is 5.36 Å². The molecule has 0 aromatic heterocycles. The summed E-state index contributed by atoms with van der Waals surface area (Å²) < 4.78 is 41.6. The maximum Gasteiger partial charge on any atom is 0.573 e. The van der Waals surface area contributed by atoms with Crippen molar-refractivity contribution in [1.82, 2.24) is 0 Å². The fraction of sp³-hybridized carbons (Fsp3) is 0.235. The van der Waals surface area contributed by atoms with Crippen molar-refractivity contribution in [3.05, 3.63) is 64.0 Å². The summed E-state index contributed by atoms with van der Waals surface area (Å²) in [5, 5.41) is 0.728. The summed E-state index contributed by atoms with van der Waals surface area (Å²) in [6.45, 7) is 0. The maximum absolute atomic E-state index is 12.2. The monoisotopic (exact) mass is 355 g/mol. The van der Waals surface area contributed by atoms with Crippen molar-refractivity contribution in [2.45, 2.75) is 18.5 Å². The van der Waals surface area contributed by atoms with Crippen LogP contribution in [0.25, 0.3) is 0 Å². The predicted molar refractivity (Wildman–Crippen MR) is 88.1 cm³/mol. The molecule has 3 nitrogen and oxygen atoms in total. The van der Waals surface area contributed by atoms with E-state index < -0.39 is 16.8 Å². The second-order valence-electron chi connectivity index (χ2n) is 5.49. The number of hydrogen-bond donors (Lipinski definition) is 0. The Labute approximate surface area is 138 Å². The smallest absolute Gasteiger partial charge is 0.406 e. The van der Waals surface area contributed by atoms with Crippen molar-refractivity contribution in [1.29, 1.82) is 0 Å². The minimum absolute atomic E-state index is 0.114. The average Bonchev–Trinajstić information content (AvgIpc) is 2.67. The molecule has 128 valence electrons. The van der Waals surface area contributed by atoms with Crippen molar-refractivity contribution in [2.24, 2.45) is 4.99 Å². The Balaban J connectivity index is 1.90. The molecule has 2 aromatic carbocycles. The normalized spacial score (nSPS) is 16.1. The molecule has 0 aliphatic carbocycles. The molecule has 0 saturated carbocycles. The molecule has 1 heterocycles. The van der Waals surface area contributed by atoms with Crippen molar-refractivity contribution >= 4 is 16.4 Å². The number of benzene rings is 2. The van der Waals surface area contributed by atoms with Gasteiger partial charge in [-0.1, -0.05) is 24.3 Å². The Bertz CT molecular complexity index is 876. The van der Waals surface area contributed by atoms with Gasteiger partial charge < -0.3 is 4.74 Å². The van der Waals surface area contributed by atoms with Crippen LogP contribution in [0.3, 0.4) is 0 Å². The van der Waals surface area contributed by atoms with Gasteiger partial charge in [0.2, 0.25) is 5.91 Å². The first kappa shape index (κ1) is 16.7. The molecular formula is C17H16F3NO2S. The summed E-state index contributed by atoms with van der Waals surface area (Å²) in [5.74, 6) is 1.16. The molecule has 1 amide bonds. The number of halogens is 3. The van der Waals surface area contributed by atoms with Crippen molar-refractivity contribution in [3.63, 3.8) is 0 Å². The van der Waals surface area contributed by atoms with Crippen LogP contribution >= 0.6 is 10.5 Å². The van der Waals surface area contributed by atoms with Gasteiger partial charge in [0, 0.05) is 10.9 Å². The van der Waals surface area contributed by atoms with Gasteiger partial charge in [-0.2, -0.15) is 0 Å². The fourth-order valence-electron chi connectivity index (χ4n) is 2.69. The van der Waals surface area contributed by atoms with Crippen LogP contribution in [0.1, 0.15) is 12.0 Å². The number of para-hydroxylation sites is 1. The first-order valence-electron chi connectivity index (χ1n) is 7.44. The third-order valence-corrected chi connectivity index (χ3v) is 6.62. The van der Waals surface area contributed by atoms with Crippen molar-refractivity contribution in [3.8, 4) is 5.75 Å². The highest BCUT2D eigenvalue weighted by Gasteiger charge is 2.30. The Kier molecular flexibility index (Phi) is 4.71. The molecule has 1 aliphatic heterocycles. The SMILES string of the molecule is O=C1CC[SH2](Cc2ccc(OC(F)(F)F)cc2)=c2ccccc2=N1. The Hall–Kier alpha value is -2.15. The largest absolute Gasteiger partial charge is 0.573 e. The zero-order valence-electron chi connectivity index (χ0n) is 12.6. The molecule has 0 atom stereocenters. The highest BCUT2D eigenvalue weighted by Crippen LogP contribution is 2.28. The van der Waals surface area contributed by atoms with E-state index in [4.69, 9.17) is 0 Å². The lowest BCUT2D eigenvalue weighted by atomic mass is 10.2. The van der Waals surface area contributed by atoms with E-state index in [2.05, 4.69) is 9.73 Å². The lowest BCUT2D eigenvalue weighted by molar-refractivity contribution is -0.274. The number of carbonyl (C=O) groups is 1. The summed E-state index contributed by atoms with van der Waals surface area (Å²) in [6, 6.07) is 13.5. The number of ether oxygens (including phenoxy) is 1. The van der Waals surface area contributed by atoms with Gasteiger partial charge in [-0.05, 0) is 41.3 Å². The van der Waals surface area contributed by atoms with Crippen LogP contribution in [0.5, 0.6) is 5.75 Å². The van der Waals surface area contributed by atoms with Crippen LogP contribution < -0.4 is 10.1 Å². The molecule has 0 saturated heterocycles. The molecule has 0 unspecified atom stereocenters. The number of alkyl halides is 3. The van der Waals surface area contributed by atoms with Gasteiger partial charge in [0.25, 0.3) is 0 Å². The average molecular weight is 355 g/mol. The quantitative estimate of drug-likeness (QED) is 0.793. The maximum atomic E-state index is 12.2. The molecule has 1 aliphatic rings. The highest BCUT2D eigenvalue weighted by molar-refractivity contribution is 8.08. The Morgan fingerprint density at radius 1 is 1.08 bits per heavy atom.